The van der Waals surface area contributed by atoms with Crippen molar-refractivity contribution in [3.63, 3.8) is 0 Å². The lowest BCUT2D eigenvalue weighted by molar-refractivity contribution is -0.136. The van der Waals surface area contributed by atoms with Crippen LogP contribution in [0.25, 0.3) is 0 Å². The summed E-state index contributed by atoms with van der Waals surface area (Å²) in [6.45, 7) is 3.66. The molecule has 78 valence electrons. The van der Waals surface area contributed by atoms with Gasteiger partial charge in [0.25, 0.3) is 0 Å². The first-order chi connectivity index (χ1) is 7.13. The lowest BCUT2D eigenvalue weighted by atomic mass is 10.1. The Balaban J connectivity index is 2.80. The van der Waals surface area contributed by atoms with Crippen molar-refractivity contribution < 1.29 is 13.9 Å². The molecule has 0 aliphatic carbocycles. The van der Waals surface area contributed by atoms with Crippen LogP contribution in [0.4, 0.5) is 4.39 Å². The van der Waals surface area contributed by atoms with Crippen molar-refractivity contribution in [1.29, 1.82) is 0 Å². The quantitative estimate of drug-likeness (QED) is 0.519. The van der Waals surface area contributed by atoms with Crippen LogP contribution >= 0.6 is 0 Å². The molecule has 0 radical (unpaired) electrons. The molecule has 1 aromatic carbocycles. The van der Waals surface area contributed by atoms with Gasteiger partial charge in [-0.2, -0.15) is 0 Å². The molecule has 0 aliphatic rings. The lowest BCUT2D eigenvalue weighted by Gasteiger charge is -1.95. The molecule has 1 rings (SSSR count). The second kappa shape index (κ2) is 5.16. The molecular weight excluding hydrogens is 195 g/mol. The number of aryl methyl sites for hydroxylation is 1. The maximum atomic E-state index is 12.9. The minimum Gasteiger partial charge on any atom is -0.456 e. The molecule has 0 bridgehead atoms. The van der Waals surface area contributed by atoms with Gasteiger partial charge in [0.2, 0.25) is 0 Å². The minimum atomic E-state index is -0.570. The van der Waals surface area contributed by atoms with Gasteiger partial charge in [-0.15, -0.1) is 0 Å². The predicted octanol–water partition coefficient (Wildman–Crippen LogP) is 2.05. The summed E-state index contributed by atoms with van der Waals surface area (Å²) in [5.74, 6) is 4.07. The van der Waals surface area contributed by atoms with Crippen LogP contribution in [0.3, 0.4) is 0 Å². The highest BCUT2D eigenvalue weighted by atomic mass is 19.1. The van der Waals surface area contributed by atoms with Crippen molar-refractivity contribution >= 4 is 5.97 Å². The van der Waals surface area contributed by atoms with E-state index < -0.39 is 5.97 Å². The van der Waals surface area contributed by atoms with Crippen molar-refractivity contribution in [3.8, 4) is 11.8 Å². The highest BCUT2D eigenvalue weighted by Crippen LogP contribution is 2.07. The molecular formula is C12H11FO2. The average molecular weight is 206 g/mol. The van der Waals surface area contributed by atoms with Gasteiger partial charge in [-0.1, -0.05) is 5.92 Å². The van der Waals surface area contributed by atoms with Gasteiger partial charge in [-0.05, 0) is 37.6 Å². The first-order valence-corrected chi connectivity index (χ1v) is 4.58. The molecule has 0 saturated heterocycles. The number of carbonyl (C=O) groups excluding carboxylic acids is 1. The third-order valence-corrected chi connectivity index (χ3v) is 1.74. The van der Waals surface area contributed by atoms with Gasteiger partial charge in [-0.25, -0.2) is 9.18 Å². The number of halogens is 1. The van der Waals surface area contributed by atoms with E-state index in [0.29, 0.717) is 17.7 Å². The molecule has 3 heteroatoms. The van der Waals surface area contributed by atoms with Gasteiger partial charge < -0.3 is 4.74 Å². The summed E-state index contributed by atoms with van der Waals surface area (Å²) in [6, 6.07) is 4.43. The third kappa shape index (κ3) is 3.43. The number of benzene rings is 1. The van der Waals surface area contributed by atoms with Crippen LogP contribution in [0.2, 0.25) is 0 Å². The van der Waals surface area contributed by atoms with Gasteiger partial charge in [0, 0.05) is 11.5 Å². The number of rotatable bonds is 1. The SMILES string of the molecule is CCOC(=O)C#Cc1ccc(F)c(C)c1. The molecule has 0 aromatic heterocycles. The van der Waals surface area contributed by atoms with Crippen LogP contribution in [-0.4, -0.2) is 12.6 Å². The minimum absolute atomic E-state index is 0.281. The monoisotopic (exact) mass is 206 g/mol. The molecule has 0 spiro atoms. The van der Waals surface area contributed by atoms with E-state index in [9.17, 15) is 9.18 Å². The van der Waals surface area contributed by atoms with Crippen molar-refractivity contribution in [2.75, 3.05) is 6.61 Å². The molecule has 0 unspecified atom stereocenters. The second-order valence-electron chi connectivity index (χ2n) is 2.93. The summed E-state index contributed by atoms with van der Waals surface area (Å²) >= 11 is 0. The lowest BCUT2D eigenvalue weighted by Crippen LogP contribution is -1.99. The smallest absolute Gasteiger partial charge is 0.384 e. The summed E-state index contributed by atoms with van der Waals surface area (Å²) < 4.78 is 17.5. The predicted molar refractivity (Wildman–Crippen MR) is 54.6 cm³/mol. The van der Waals surface area contributed by atoms with E-state index in [1.807, 2.05) is 0 Å². The average Bonchev–Trinajstić information content (AvgIpc) is 2.20. The van der Waals surface area contributed by atoms with Gasteiger partial charge in [0.15, 0.2) is 0 Å². The zero-order chi connectivity index (χ0) is 11.3. The number of hydrogen-bond acceptors (Lipinski definition) is 2. The Morgan fingerprint density at radius 2 is 2.27 bits per heavy atom. The summed E-state index contributed by atoms with van der Waals surface area (Å²) in [5.41, 5.74) is 1.10. The fraction of sp³-hybridized carbons (Fsp3) is 0.250. The third-order valence-electron chi connectivity index (χ3n) is 1.74. The number of hydrogen-bond donors (Lipinski definition) is 0. The Kier molecular flexibility index (Phi) is 3.87. The normalized spacial score (nSPS) is 9.00. The molecule has 2 nitrogen and oxygen atoms in total. The highest BCUT2D eigenvalue weighted by Gasteiger charge is 1.97. The Morgan fingerprint density at radius 1 is 1.53 bits per heavy atom. The Hall–Kier alpha value is -1.82. The van der Waals surface area contributed by atoms with Gasteiger partial charge in [0.1, 0.15) is 5.82 Å². The van der Waals surface area contributed by atoms with Crippen LogP contribution in [0.5, 0.6) is 0 Å². The van der Waals surface area contributed by atoms with Gasteiger partial charge in [0.05, 0.1) is 6.61 Å². The molecule has 0 heterocycles. The summed E-state index contributed by atoms with van der Waals surface area (Å²) in [7, 11) is 0. The second-order valence-corrected chi connectivity index (χ2v) is 2.93. The van der Waals surface area contributed by atoms with E-state index >= 15 is 0 Å². The van der Waals surface area contributed by atoms with E-state index in [1.54, 1.807) is 19.9 Å². The topological polar surface area (TPSA) is 26.3 Å². The zero-order valence-electron chi connectivity index (χ0n) is 8.63. The van der Waals surface area contributed by atoms with Crippen molar-refractivity contribution in [3.05, 3.63) is 35.1 Å². The van der Waals surface area contributed by atoms with Gasteiger partial charge in [-0.3, -0.25) is 0 Å². The van der Waals surface area contributed by atoms with E-state index in [1.165, 1.54) is 12.1 Å². The zero-order valence-corrected chi connectivity index (χ0v) is 8.63. The van der Waals surface area contributed by atoms with E-state index in [2.05, 4.69) is 16.6 Å². The molecule has 0 N–H and O–H groups in total. The maximum Gasteiger partial charge on any atom is 0.384 e. The van der Waals surface area contributed by atoms with Gasteiger partial charge >= 0.3 is 5.97 Å². The molecule has 0 atom stereocenters. The highest BCUT2D eigenvalue weighted by molar-refractivity contribution is 5.89. The van der Waals surface area contributed by atoms with E-state index in [-0.39, 0.29) is 5.82 Å². The first-order valence-electron chi connectivity index (χ1n) is 4.58. The van der Waals surface area contributed by atoms with Crippen molar-refractivity contribution in [1.82, 2.24) is 0 Å². The standard InChI is InChI=1S/C12H11FO2/c1-3-15-12(14)7-5-10-4-6-11(13)9(2)8-10/h4,6,8H,3H2,1-2H3. The fourth-order valence-corrected chi connectivity index (χ4v) is 1.01. The Labute approximate surface area is 88.1 Å². The first kappa shape index (κ1) is 11.3. The molecule has 15 heavy (non-hydrogen) atoms. The summed E-state index contributed by atoms with van der Waals surface area (Å²) in [5, 5.41) is 0. The number of esters is 1. The van der Waals surface area contributed by atoms with Crippen LogP contribution in [0.15, 0.2) is 18.2 Å². The Bertz CT molecular complexity index is 427. The summed E-state index contributed by atoms with van der Waals surface area (Å²) in [6.07, 6.45) is 0. The number of carbonyl (C=O) groups is 1. The molecule has 1 aromatic rings. The maximum absolute atomic E-state index is 12.9. The molecule has 0 saturated carbocycles. The molecule has 0 amide bonds. The fourth-order valence-electron chi connectivity index (χ4n) is 1.01. The Morgan fingerprint density at radius 3 is 2.87 bits per heavy atom. The van der Waals surface area contributed by atoms with Crippen molar-refractivity contribution in [2.45, 2.75) is 13.8 Å². The van der Waals surface area contributed by atoms with Crippen LogP contribution in [0, 0.1) is 24.6 Å². The van der Waals surface area contributed by atoms with Crippen LogP contribution < -0.4 is 0 Å². The molecule has 0 fully saturated rings. The van der Waals surface area contributed by atoms with Crippen LogP contribution in [-0.2, 0) is 9.53 Å². The largest absolute Gasteiger partial charge is 0.456 e. The van der Waals surface area contributed by atoms with E-state index in [4.69, 9.17) is 0 Å². The molecule has 0 aliphatic heterocycles. The van der Waals surface area contributed by atoms with Crippen molar-refractivity contribution in [2.24, 2.45) is 0 Å². The number of ether oxygens (including phenoxy) is 1. The summed E-state index contributed by atoms with van der Waals surface area (Å²) in [4.78, 5) is 10.9. The van der Waals surface area contributed by atoms with E-state index in [0.717, 1.165) is 0 Å². The van der Waals surface area contributed by atoms with Crippen LogP contribution in [0.1, 0.15) is 18.1 Å².